The maximum Gasteiger partial charge on any atom is 0.274 e. The number of hydrogen-bond donors (Lipinski definition) is 2. The molecule has 0 bridgehead atoms. The van der Waals surface area contributed by atoms with Gasteiger partial charge in [0.25, 0.3) is 11.8 Å². The third-order valence-electron chi connectivity index (χ3n) is 3.90. The quantitative estimate of drug-likeness (QED) is 0.744. The molecule has 1 aromatic heterocycles. The Kier molecular flexibility index (Phi) is 7.16. The van der Waals surface area contributed by atoms with E-state index >= 15 is 0 Å². The molecule has 27 heavy (non-hydrogen) atoms. The van der Waals surface area contributed by atoms with Crippen LogP contribution in [-0.4, -0.2) is 37.6 Å². The van der Waals surface area contributed by atoms with Crippen molar-refractivity contribution in [2.45, 2.75) is 20.3 Å². The highest BCUT2D eigenvalue weighted by Crippen LogP contribution is 2.29. The summed E-state index contributed by atoms with van der Waals surface area (Å²) in [5.41, 5.74) is 1.08. The predicted molar refractivity (Wildman–Crippen MR) is 104 cm³/mol. The van der Waals surface area contributed by atoms with Crippen LogP contribution in [0.5, 0.6) is 11.5 Å². The van der Waals surface area contributed by atoms with Crippen LogP contribution in [0.4, 0.5) is 5.69 Å². The van der Waals surface area contributed by atoms with E-state index in [4.69, 9.17) is 9.47 Å². The molecule has 1 heterocycles. The van der Waals surface area contributed by atoms with Gasteiger partial charge in [-0.25, -0.2) is 0 Å². The largest absolute Gasteiger partial charge is 0.493 e. The monoisotopic (exact) mass is 371 g/mol. The fourth-order valence-electron chi connectivity index (χ4n) is 2.38. The SMILES string of the molecule is COc1ccc(NC(=O)c2cc(C(=O)NCCC(C)C)ccn2)cc1OC. The average molecular weight is 371 g/mol. The van der Waals surface area contributed by atoms with Gasteiger partial charge in [-0.3, -0.25) is 14.6 Å². The fraction of sp³-hybridized carbons (Fsp3) is 0.350. The van der Waals surface area contributed by atoms with Gasteiger partial charge in [-0.15, -0.1) is 0 Å². The first-order valence-corrected chi connectivity index (χ1v) is 8.72. The molecule has 144 valence electrons. The van der Waals surface area contributed by atoms with E-state index in [1.54, 1.807) is 24.3 Å². The van der Waals surface area contributed by atoms with E-state index in [1.165, 1.54) is 26.5 Å². The molecule has 0 unspecified atom stereocenters. The van der Waals surface area contributed by atoms with E-state index in [2.05, 4.69) is 29.5 Å². The van der Waals surface area contributed by atoms with Crippen LogP contribution in [0.25, 0.3) is 0 Å². The third kappa shape index (κ3) is 5.70. The molecule has 2 rings (SSSR count). The van der Waals surface area contributed by atoms with Crippen LogP contribution in [0.15, 0.2) is 36.5 Å². The number of rotatable bonds is 8. The molecule has 2 aromatic rings. The predicted octanol–water partition coefficient (Wildman–Crippen LogP) is 3.13. The smallest absolute Gasteiger partial charge is 0.274 e. The number of pyridine rings is 1. The summed E-state index contributed by atoms with van der Waals surface area (Å²) < 4.78 is 10.4. The Bertz CT molecular complexity index is 806. The summed E-state index contributed by atoms with van der Waals surface area (Å²) in [6, 6.07) is 8.10. The first-order chi connectivity index (χ1) is 12.9. The van der Waals surface area contributed by atoms with Gasteiger partial charge in [0, 0.05) is 30.1 Å². The summed E-state index contributed by atoms with van der Waals surface area (Å²) in [7, 11) is 3.06. The normalized spacial score (nSPS) is 10.4. The summed E-state index contributed by atoms with van der Waals surface area (Å²) in [6.45, 7) is 4.77. The number of hydrogen-bond acceptors (Lipinski definition) is 5. The van der Waals surface area contributed by atoms with Crippen molar-refractivity contribution in [2.24, 2.45) is 5.92 Å². The van der Waals surface area contributed by atoms with Crippen LogP contribution in [0, 0.1) is 5.92 Å². The van der Waals surface area contributed by atoms with Crippen molar-refractivity contribution in [3.63, 3.8) is 0 Å². The molecular formula is C20H25N3O4. The minimum Gasteiger partial charge on any atom is -0.493 e. The zero-order valence-electron chi connectivity index (χ0n) is 16.0. The van der Waals surface area contributed by atoms with Gasteiger partial charge in [-0.05, 0) is 36.6 Å². The fourth-order valence-corrected chi connectivity index (χ4v) is 2.38. The van der Waals surface area contributed by atoms with Crippen molar-refractivity contribution >= 4 is 17.5 Å². The lowest BCUT2D eigenvalue weighted by Crippen LogP contribution is -2.26. The molecule has 0 aliphatic rings. The highest BCUT2D eigenvalue weighted by atomic mass is 16.5. The molecule has 0 aliphatic carbocycles. The second-order valence-electron chi connectivity index (χ2n) is 6.39. The van der Waals surface area contributed by atoms with Crippen molar-refractivity contribution < 1.29 is 19.1 Å². The second-order valence-corrected chi connectivity index (χ2v) is 6.39. The van der Waals surface area contributed by atoms with Crippen LogP contribution >= 0.6 is 0 Å². The molecule has 7 heteroatoms. The Balaban J connectivity index is 2.07. The van der Waals surface area contributed by atoms with Gasteiger partial charge in [0.05, 0.1) is 14.2 Å². The minimum absolute atomic E-state index is 0.154. The number of amides is 2. The number of nitrogens with zero attached hydrogens (tertiary/aromatic N) is 1. The maximum atomic E-state index is 12.5. The molecule has 0 saturated heterocycles. The van der Waals surface area contributed by atoms with Gasteiger partial charge >= 0.3 is 0 Å². The lowest BCUT2D eigenvalue weighted by atomic mass is 10.1. The molecule has 2 amide bonds. The zero-order valence-corrected chi connectivity index (χ0v) is 16.0. The van der Waals surface area contributed by atoms with Crippen LogP contribution in [0.1, 0.15) is 41.1 Å². The van der Waals surface area contributed by atoms with Gasteiger partial charge in [0.15, 0.2) is 11.5 Å². The molecule has 0 fully saturated rings. The molecule has 2 N–H and O–H groups in total. The third-order valence-corrected chi connectivity index (χ3v) is 3.90. The van der Waals surface area contributed by atoms with E-state index in [0.717, 1.165) is 6.42 Å². The second kappa shape index (κ2) is 9.56. The van der Waals surface area contributed by atoms with Crippen LogP contribution in [0.3, 0.4) is 0 Å². The summed E-state index contributed by atoms with van der Waals surface area (Å²) >= 11 is 0. The van der Waals surface area contributed by atoms with E-state index in [-0.39, 0.29) is 11.6 Å². The Morgan fingerprint density at radius 3 is 2.44 bits per heavy atom. The summed E-state index contributed by atoms with van der Waals surface area (Å²) in [4.78, 5) is 28.7. The number of carbonyl (C=O) groups is 2. The van der Waals surface area contributed by atoms with Gasteiger partial charge in [0.2, 0.25) is 0 Å². The molecule has 0 atom stereocenters. The van der Waals surface area contributed by atoms with Gasteiger partial charge in [-0.1, -0.05) is 13.8 Å². The van der Waals surface area contributed by atoms with Crippen LogP contribution < -0.4 is 20.1 Å². The average Bonchev–Trinajstić information content (AvgIpc) is 2.67. The molecule has 0 radical (unpaired) electrons. The molecular weight excluding hydrogens is 346 g/mol. The number of methoxy groups -OCH3 is 2. The summed E-state index contributed by atoms with van der Waals surface area (Å²) in [6.07, 6.45) is 2.34. The van der Waals surface area contributed by atoms with Crippen LogP contribution in [0.2, 0.25) is 0 Å². The molecule has 1 aromatic carbocycles. The van der Waals surface area contributed by atoms with Gasteiger partial charge in [0.1, 0.15) is 5.69 Å². The zero-order chi connectivity index (χ0) is 19.8. The molecule has 0 saturated carbocycles. The van der Waals surface area contributed by atoms with Crippen molar-refractivity contribution in [2.75, 3.05) is 26.1 Å². The Hall–Kier alpha value is -3.09. The lowest BCUT2D eigenvalue weighted by Gasteiger charge is -2.11. The standard InChI is InChI=1S/C20H25N3O4/c1-13(2)7-9-22-19(24)14-8-10-21-16(11-14)20(25)23-15-5-6-17(26-3)18(12-15)27-4/h5-6,8,10-13H,7,9H2,1-4H3,(H,22,24)(H,23,25). The minimum atomic E-state index is -0.418. The highest BCUT2D eigenvalue weighted by Gasteiger charge is 2.13. The maximum absolute atomic E-state index is 12.5. The van der Waals surface area contributed by atoms with Crippen molar-refractivity contribution in [1.82, 2.24) is 10.3 Å². The Morgan fingerprint density at radius 1 is 1.04 bits per heavy atom. The van der Waals surface area contributed by atoms with Crippen molar-refractivity contribution in [3.8, 4) is 11.5 Å². The number of aromatic nitrogens is 1. The first kappa shape index (κ1) is 20.2. The lowest BCUT2D eigenvalue weighted by molar-refractivity contribution is 0.0952. The van der Waals surface area contributed by atoms with Gasteiger partial charge in [-0.2, -0.15) is 0 Å². The molecule has 0 aliphatic heterocycles. The molecule has 7 nitrogen and oxygen atoms in total. The Morgan fingerprint density at radius 2 is 1.78 bits per heavy atom. The van der Waals surface area contributed by atoms with Gasteiger partial charge < -0.3 is 20.1 Å². The molecule has 0 spiro atoms. The highest BCUT2D eigenvalue weighted by molar-refractivity contribution is 6.04. The van der Waals surface area contributed by atoms with Crippen LogP contribution in [-0.2, 0) is 0 Å². The topological polar surface area (TPSA) is 89.5 Å². The van der Waals surface area contributed by atoms with Crippen molar-refractivity contribution in [1.29, 1.82) is 0 Å². The summed E-state index contributed by atoms with van der Waals surface area (Å²) in [5, 5.41) is 5.58. The number of ether oxygens (including phenoxy) is 2. The van der Waals surface area contributed by atoms with E-state index in [0.29, 0.717) is 35.2 Å². The van der Waals surface area contributed by atoms with E-state index in [1.807, 2.05) is 0 Å². The number of anilines is 1. The van der Waals surface area contributed by atoms with E-state index < -0.39 is 5.91 Å². The first-order valence-electron chi connectivity index (χ1n) is 8.72. The number of nitrogens with one attached hydrogen (secondary N) is 2. The van der Waals surface area contributed by atoms with E-state index in [9.17, 15) is 9.59 Å². The Labute approximate surface area is 159 Å². The number of carbonyl (C=O) groups excluding carboxylic acids is 2. The van der Waals surface area contributed by atoms with Crippen molar-refractivity contribution in [3.05, 3.63) is 47.8 Å². The summed E-state index contributed by atoms with van der Waals surface area (Å²) in [5.74, 6) is 0.929. The number of benzene rings is 1.